The Hall–Kier alpha value is -0.420. The molecule has 0 saturated carbocycles. The third kappa shape index (κ3) is 3.28. The van der Waals surface area contributed by atoms with Gasteiger partial charge in [0.15, 0.2) is 5.79 Å². The maximum atomic E-state index is 5.93. The first-order chi connectivity index (χ1) is 8.13. The first-order valence-corrected chi connectivity index (χ1v) is 6.67. The molecule has 1 aromatic rings. The number of hydrogen-bond donors (Lipinski definition) is 1. The molecule has 1 aliphatic rings. The fourth-order valence-electron chi connectivity index (χ4n) is 2.10. The summed E-state index contributed by atoms with van der Waals surface area (Å²) in [5.74, 6) is -0.524. The predicted octanol–water partition coefficient (Wildman–Crippen LogP) is 2.47. The average molecular weight is 300 g/mol. The molecular formula is C13H18BrNO2. The van der Waals surface area contributed by atoms with Crippen molar-refractivity contribution in [3.63, 3.8) is 0 Å². The Morgan fingerprint density at radius 3 is 2.94 bits per heavy atom. The van der Waals surface area contributed by atoms with Gasteiger partial charge in [-0.1, -0.05) is 34.1 Å². The van der Waals surface area contributed by atoms with E-state index in [4.69, 9.17) is 15.2 Å². The Morgan fingerprint density at radius 1 is 1.47 bits per heavy atom. The molecule has 1 aromatic carbocycles. The summed E-state index contributed by atoms with van der Waals surface area (Å²) in [6.07, 6.45) is 1.73. The number of halogens is 1. The molecule has 1 fully saturated rings. The second kappa shape index (κ2) is 5.48. The number of rotatable bonds is 4. The summed E-state index contributed by atoms with van der Waals surface area (Å²) >= 11 is 3.54. The molecule has 0 spiro atoms. The Morgan fingerprint density at radius 2 is 2.24 bits per heavy atom. The highest BCUT2D eigenvalue weighted by Crippen LogP contribution is 2.30. The summed E-state index contributed by atoms with van der Waals surface area (Å²) in [7, 11) is 0. The molecule has 2 rings (SSSR count). The van der Waals surface area contributed by atoms with Gasteiger partial charge in [-0.05, 0) is 31.5 Å². The lowest BCUT2D eigenvalue weighted by Gasteiger charge is -2.24. The number of benzene rings is 1. The summed E-state index contributed by atoms with van der Waals surface area (Å²) in [5.41, 5.74) is 6.73. The Kier molecular flexibility index (Phi) is 4.20. The molecule has 4 heteroatoms. The van der Waals surface area contributed by atoms with Crippen LogP contribution in [0.25, 0.3) is 0 Å². The van der Waals surface area contributed by atoms with E-state index in [2.05, 4.69) is 22.0 Å². The molecule has 94 valence electrons. The summed E-state index contributed by atoms with van der Waals surface area (Å²) in [6.45, 7) is 3.26. The fourth-order valence-corrected chi connectivity index (χ4v) is 2.52. The SMILES string of the molecule is CC1(Cc2ccccc2Br)OCC(CCN)O1. The minimum absolute atomic E-state index is 0.132. The molecule has 17 heavy (non-hydrogen) atoms. The Balaban J connectivity index is 2.02. The zero-order valence-corrected chi connectivity index (χ0v) is 11.6. The van der Waals surface area contributed by atoms with E-state index in [-0.39, 0.29) is 6.10 Å². The van der Waals surface area contributed by atoms with Crippen LogP contribution >= 0.6 is 15.9 Å². The van der Waals surface area contributed by atoms with Crippen molar-refractivity contribution in [1.82, 2.24) is 0 Å². The minimum atomic E-state index is -0.524. The van der Waals surface area contributed by atoms with Crippen molar-refractivity contribution in [2.24, 2.45) is 5.73 Å². The zero-order chi connectivity index (χ0) is 12.3. The second-order valence-corrected chi connectivity index (χ2v) is 5.38. The molecule has 0 aromatic heterocycles. The van der Waals surface area contributed by atoms with Crippen LogP contribution in [0.4, 0.5) is 0 Å². The van der Waals surface area contributed by atoms with Crippen LogP contribution in [0.3, 0.4) is 0 Å². The highest BCUT2D eigenvalue weighted by molar-refractivity contribution is 9.10. The van der Waals surface area contributed by atoms with Crippen molar-refractivity contribution in [3.05, 3.63) is 34.3 Å². The van der Waals surface area contributed by atoms with Crippen LogP contribution in [0.5, 0.6) is 0 Å². The lowest BCUT2D eigenvalue weighted by Crippen LogP contribution is -2.30. The summed E-state index contributed by atoms with van der Waals surface area (Å²) in [4.78, 5) is 0. The minimum Gasteiger partial charge on any atom is -0.347 e. The zero-order valence-electron chi connectivity index (χ0n) is 9.99. The van der Waals surface area contributed by atoms with Crippen molar-refractivity contribution in [2.45, 2.75) is 31.7 Å². The quantitative estimate of drug-likeness (QED) is 0.929. The molecule has 0 amide bonds. The van der Waals surface area contributed by atoms with Gasteiger partial charge in [-0.3, -0.25) is 0 Å². The third-order valence-corrected chi connectivity index (χ3v) is 3.72. The van der Waals surface area contributed by atoms with Gasteiger partial charge in [0, 0.05) is 10.9 Å². The monoisotopic (exact) mass is 299 g/mol. The van der Waals surface area contributed by atoms with Gasteiger partial charge in [-0.25, -0.2) is 0 Å². The van der Waals surface area contributed by atoms with Crippen LogP contribution in [0.1, 0.15) is 18.9 Å². The first kappa shape index (κ1) is 13.0. The number of hydrogen-bond acceptors (Lipinski definition) is 3. The molecule has 0 radical (unpaired) electrons. The van der Waals surface area contributed by atoms with Crippen LogP contribution in [0.2, 0.25) is 0 Å². The van der Waals surface area contributed by atoms with E-state index in [1.807, 2.05) is 25.1 Å². The fraction of sp³-hybridized carbons (Fsp3) is 0.538. The summed E-state index contributed by atoms with van der Waals surface area (Å²) < 4.78 is 12.8. The molecule has 1 heterocycles. The highest BCUT2D eigenvalue weighted by atomic mass is 79.9. The van der Waals surface area contributed by atoms with Crippen LogP contribution in [0.15, 0.2) is 28.7 Å². The molecule has 1 aliphatic heterocycles. The van der Waals surface area contributed by atoms with Crippen molar-refractivity contribution < 1.29 is 9.47 Å². The molecule has 3 nitrogen and oxygen atoms in total. The third-order valence-electron chi connectivity index (χ3n) is 2.95. The Labute approximate surface area is 110 Å². The van der Waals surface area contributed by atoms with Crippen LogP contribution in [-0.2, 0) is 15.9 Å². The van der Waals surface area contributed by atoms with Crippen molar-refractivity contribution >= 4 is 15.9 Å². The van der Waals surface area contributed by atoms with E-state index in [1.165, 1.54) is 5.56 Å². The molecular weight excluding hydrogens is 282 g/mol. The summed E-state index contributed by atoms with van der Waals surface area (Å²) in [6, 6.07) is 8.14. The van der Waals surface area contributed by atoms with E-state index < -0.39 is 5.79 Å². The van der Waals surface area contributed by atoms with Gasteiger partial charge in [0.2, 0.25) is 0 Å². The van der Waals surface area contributed by atoms with Gasteiger partial charge in [0.25, 0.3) is 0 Å². The normalized spacial score (nSPS) is 28.5. The van der Waals surface area contributed by atoms with Gasteiger partial charge in [0.05, 0.1) is 12.7 Å². The van der Waals surface area contributed by atoms with E-state index in [0.717, 1.165) is 17.3 Å². The topological polar surface area (TPSA) is 44.5 Å². The van der Waals surface area contributed by atoms with E-state index >= 15 is 0 Å². The van der Waals surface area contributed by atoms with Gasteiger partial charge in [0.1, 0.15) is 0 Å². The largest absolute Gasteiger partial charge is 0.347 e. The van der Waals surface area contributed by atoms with Gasteiger partial charge in [-0.2, -0.15) is 0 Å². The molecule has 0 bridgehead atoms. The summed E-state index contributed by atoms with van der Waals surface area (Å²) in [5, 5.41) is 0. The molecule has 2 N–H and O–H groups in total. The van der Waals surface area contributed by atoms with E-state index in [9.17, 15) is 0 Å². The van der Waals surface area contributed by atoms with Gasteiger partial charge >= 0.3 is 0 Å². The van der Waals surface area contributed by atoms with Crippen molar-refractivity contribution in [3.8, 4) is 0 Å². The number of ether oxygens (including phenoxy) is 2. The van der Waals surface area contributed by atoms with Crippen molar-refractivity contribution in [2.75, 3.05) is 13.2 Å². The van der Waals surface area contributed by atoms with Crippen LogP contribution < -0.4 is 5.73 Å². The highest BCUT2D eigenvalue weighted by Gasteiger charge is 2.37. The lowest BCUT2D eigenvalue weighted by molar-refractivity contribution is -0.152. The van der Waals surface area contributed by atoms with Gasteiger partial charge in [-0.15, -0.1) is 0 Å². The maximum absolute atomic E-state index is 5.93. The molecule has 0 aliphatic carbocycles. The standard InChI is InChI=1S/C13H18BrNO2/c1-13(16-9-11(17-13)6-7-15)8-10-4-2-3-5-12(10)14/h2-5,11H,6-9,15H2,1H3. The number of nitrogens with two attached hydrogens (primary N) is 1. The lowest BCUT2D eigenvalue weighted by atomic mass is 10.1. The van der Waals surface area contributed by atoms with Crippen LogP contribution in [0, 0.1) is 0 Å². The second-order valence-electron chi connectivity index (χ2n) is 4.53. The average Bonchev–Trinajstić information content (AvgIpc) is 2.64. The van der Waals surface area contributed by atoms with Gasteiger partial charge < -0.3 is 15.2 Å². The van der Waals surface area contributed by atoms with E-state index in [1.54, 1.807) is 0 Å². The smallest absolute Gasteiger partial charge is 0.170 e. The van der Waals surface area contributed by atoms with Crippen molar-refractivity contribution in [1.29, 1.82) is 0 Å². The molecule has 1 saturated heterocycles. The Bertz CT molecular complexity index is 385. The molecule has 2 unspecified atom stereocenters. The first-order valence-electron chi connectivity index (χ1n) is 5.88. The maximum Gasteiger partial charge on any atom is 0.170 e. The predicted molar refractivity (Wildman–Crippen MR) is 70.7 cm³/mol. The molecule has 2 atom stereocenters. The van der Waals surface area contributed by atoms with Crippen LogP contribution in [-0.4, -0.2) is 25.0 Å². The van der Waals surface area contributed by atoms with E-state index in [0.29, 0.717) is 13.2 Å².